The number of carbonyl (C=O) groups is 1. The van der Waals surface area contributed by atoms with Crippen molar-refractivity contribution in [1.29, 1.82) is 0 Å². The van der Waals surface area contributed by atoms with Crippen LogP contribution in [0.15, 0.2) is 24.3 Å². The van der Waals surface area contributed by atoms with E-state index in [4.69, 9.17) is 0 Å². The molecule has 6 heteroatoms. The topological polar surface area (TPSA) is 52.7 Å². The molecule has 0 aliphatic carbocycles. The molecule has 0 aromatic heterocycles. The van der Waals surface area contributed by atoms with Gasteiger partial charge >= 0.3 is 7.59 Å². The molecule has 2 fully saturated rings. The Labute approximate surface area is 144 Å². The second-order valence-corrected chi connectivity index (χ2v) is 9.32. The lowest BCUT2D eigenvalue weighted by Gasteiger charge is -2.42. The van der Waals surface area contributed by atoms with Crippen LogP contribution in [0.1, 0.15) is 54.4 Å². The van der Waals surface area contributed by atoms with Crippen LogP contribution >= 0.6 is 7.59 Å². The smallest absolute Gasteiger partial charge is 0.279 e. The molecule has 2 aliphatic rings. The Morgan fingerprint density at radius 1 is 0.875 bits per heavy atom. The van der Waals surface area contributed by atoms with Gasteiger partial charge in [0.2, 0.25) is 0 Å². The molecular formula is C18H28N3O2P. The Hall–Kier alpha value is -1.16. The van der Waals surface area contributed by atoms with Gasteiger partial charge in [0.25, 0.3) is 5.91 Å². The van der Waals surface area contributed by atoms with Gasteiger partial charge in [-0.05, 0) is 44.7 Å². The number of aryl methyl sites for hydroxylation is 1. The lowest BCUT2D eigenvalue weighted by atomic mass is 10.1. The minimum atomic E-state index is -3.04. The molecule has 0 radical (unpaired) electrons. The fourth-order valence-corrected chi connectivity index (χ4v) is 6.20. The van der Waals surface area contributed by atoms with E-state index in [1.54, 1.807) is 12.1 Å². The van der Waals surface area contributed by atoms with Crippen LogP contribution in [0.5, 0.6) is 0 Å². The van der Waals surface area contributed by atoms with Crippen LogP contribution < -0.4 is 5.09 Å². The van der Waals surface area contributed by atoms with Gasteiger partial charge < -0.3 is 0 Å². The Kier molecular flexibility index (Phi) is 5.75. The normalized spacial score (nSPS) is 20.7. The summed E-state index contributed by atoms with van der Waals surface area (Å²) < 4.78 is 18.0. The molecule has 2 heterocycles. The summed E-state index contributed by atoms with van der Waals surface area (Å²) >= 11 is 0. The van der Waals surface area contributed by atoms with E-state index in [9.17, 15) is 9.36 Å². The number of hydrogen-bond donors (Lipinski definition) is 1. The van der Waals surface area contributed by atoms with E-state index < -0.39 is 7.59 Å². The molecular weight excluding hydrogens is 321 g/mol. The summed E-state index contributed by atoms with van der Waals surface area (Å²) in [6.45, 7) is 5.22. The SMILES string of the molecule is Cc1ccc(C(=O)NP(=O)(N2CCCCC2)N2CCCCC2)cc1. The minimum absolute atomic E-state index is 0.227. The zero-order chi connectivity index (χ0) is 17.0. The molecule has 1 aromatic carbocycles. The van der Waals surface area contributed by atoms with Crippen LogP contribution in [-0.2, 0) is 4.57 Å². The van der Waals surface area contributed by atoms with E-state index in [2.05, 4.69) is 5.09 Å². The highest BCUT2D eigenvalue weighted by atomic mass is 31.2. The van der Waals surface area contributed by atoms with Gasteiger partial charge in [0.15, 0.2) is 0 Å². The standard InChI is InChI=1S/C18H28N3O2P/c1-16-8-10-17(11-9-16)18(22)19-24(23,20-12-4-2-5-13-20)21-14-6-3-7-15-21/h8-11H,2-7,12-15H2,1H3,(H,19,22,23). The molecule has 0 unspecified atom stereocenters. The molecule has 0 atom stereocenters. The fourth-order valence-electron chi connectivity index (χ4n) is 3.52. The van der Waals surface area contributed by atoms with E-state index in [0.717, 1.165) is 57.4 Å². The third-order valence-corrected chi connectivity index (χ3v) is 7.82. The Balaban J connectivity index is 1.81. The molecule has 1 amide bonds. The molecule has 1 aromatic rings. The number of carbonyl (C=O) groups excluding carboxylic acids is 1. The third-order valence-electron chi connectivity index (χ3n) is 4.99. The summed E-state index contributed by atoms with van der Waals surface area (Å²) in [6.07, 6.45) is 6.58. The van der Waals surface area contributed by atoms with Crippen molar-refractivity contribution in [3.05, 3.63) is 35.4 Å². The number of amides is 1. The van der Waals surface area contributed by atoms with Crippen LogP contribution in [0.4, 0.5) is 0 Å². The highest BCUT2D eigenvalue weighted by Gasteiger charge is 2.40. The first kappa shape index (κ1) is 17.7. The van der Waals surface area contributed by atoms with Gasteiger partial charge in [0.05, 0.1) is 0 Å². The maximum Gasteiger partial charge on any atom is 0.311 e. The summed E-state index contributed by atoms with van der Waals surface area (Å²) in [5.41, 5.74) is 1.69. The first-order chi connectivity index (χ1) is 11.6. The van der Waals surface area contributed by atoms with Crippen molar-refractivity contribution in [1.82, 2.24) is 14.4 Å². The number of nitrogens with one attached hydrogen (secondary N) is 1. The van der Waals surface area contributed by atoms with Gasteiger partial charge in [-0.15, -0.1) is 0 Å². The summed E-state index contributed by atoms with van der Waals surface area (Å²) in [7, 11) is -3.04. The largest absolute Gasteiger partial charge is 0.311 e. The van der Waals surface area contributed by atoms with Crippen molar-refractivity contribution in [3.8, 4) is 0 Å². The van der Waals surface area contributed by atoms with Gasteiger partial charge in [-0.25, -0.2) is 9.34 Å². The Bertz CT molecular complexity index is 583. The molecule has 2 saturated heterocycles. The van der Waals surface area contributed by atoms with E-state index >= 15 is 0 Å². The first-order valence-electron chi connectivity index (χ1n) is 9.10. The quantitative estimate of drug-likeness (QED) is 0.840. The molecule has 0 saturated carbocycles. The molecule has 2 aliphatic heterocycles. The average molecular weight is 349 g/mol. The van der Waals surface area contributed by atoms with E-state index in [0.29, 0.717) is 5.56 Å². The molecule has 3 rings (SSSR count). The highest BCUT2D eigenvalue weighted by molar-refractivity contribution is 7.57. The van der Waals surface area contributed by atoms with Crippen LogP contribution in [0.2, 0.25) is 0 Å². The zero-order valence-electron chi connectivity index (χ0n) is 14.5. The second-order valence-electron chi connectivity index (χ2n) is 6.88. The van der Waals surface area contributed by atoms with Gasteiger partial charge in [-0.2, -0.15) is 0 Å². The van der Waals surface area contributed by atoms with Crippen molar-refractivity contribution in [2.45, 2.75) is 45.4 Å². The van der Waals surface area contributed by atoms with Gasteiger partial charge in [-0.1, -0.05) is 30.5 Å². The number of benzene rings is 1. The fraction of sp³-hybridized carbons (Fsp3) is 0.611. The lowest BCUT2D eigenvalue weighted by Crippen LogP contribution is -2.44. The first-order valence-corrected chi connectivity index (χ1v) is 10.7. The van der Waals surface area contributed by atoms with Crippen LogP contribution in [0.3, 0.4) is 0 Å². The summed E-state index contributed by atoms with van der Waals surface area (Å²) in [5, 5.41) is 2.94. The van der Waals surface area contributed by atoms with E-state index in [-0.39, 0.29) is 5.91 Å². The van der Waals surface area contributed by atoms with Gasteiger partial charge in [-0.3, -0.25) is 14.4 Å². The molecule has 0 bridgehead atoms. The molecule has 5 nitrogen and oxygen atoms in total. The molecule has 132 valence electrons. The van der Waals surface area contributed by atoms with Crippen molar-refractivity contribution in [2.24, 2.45) is 0 Å². The second kappa shape index (κ2) is 7.81. The number of piperidine rings is 2. The highest BCUT2D eigenvalue weighted by Crippen LogP contribution is 2.51. The van der Waals surface area contributed by atoms with Crippen molar-refractivity contribution >= 4 is 13.5 Å². The molecule has 24 heavy (non-hydrogen) atoms. The Morgan fingerprint density at radius 2 is 1.33 bits per heavy atom. The predicted octanol–water partition coefficient (Wildman–Crippen LogP) is 3.80. The van der Waals surface area contributed by atoms with Crippen LogP contribution in [-0.4, -0.2) is 41.4 Å². The van der Waals surface area contributed by atoms with Crippen LogP contribution in [0, 0.1) is 6.92 Å². The maximum atomic E-state index is 13.9. The maximum absolute atomic E-state index is 13.9. The zero-order valence-corrected chi connectivity index (χ0v) is 15.4. The van der Waals surface area contributed by atoms with Gasteiger partial charge in [0, 0.05) is 31.7 Å². The number of rotatable bonds is 4. The Morgan fingerprint density at radius 3 is 1.79 bits per heavy atom. The number of hydrogen-bond acceptors (Lipinski definition) is 2. The number of nitrogens with zero attached hydrogens (tertiary/aromatic N) is 2. The van der Waals surface area contributed by atoms with Gasteiger partial charge in [0.1, 0.15) is 0 Å². The molecule has 1 N–H and O–H groups in total. The van der Waals surface area contributed by atoms with E-state index in [1.807, 2.05) is 28.4 Å². The summed E-state index contributed by atoms with van der Waals surface area (Å²) in [5.74, 6) is -0.227. The average Bonchev–Trinajstić information content (AvgIpc) is 2.63. The lowest BCUT2D eigenvalue weighted by molar-refractivity contribution is 0.0972. The van der Waals surface area contributed by atoms with E-state index in [1.165, 1.54) is 12.8 Å². The summed E-state index contributed by atoms with van der Waals surface area (Å²) in [6, 6.07) is 7.45. The van der Waals surface area contributed by atoms with Crippen molar-refractivity contribution < 1.29 is 9.36 Å². The monoisotopic (exact) mass is 349 g/mol. The predicted molar refractivity (Wildman–Crippen MR) is 97.1 cm³/mol. The summed E-state index contributed by atoms with van der Waals surface area (Å²) in [4.78, 5) is 12.7. The minimum Gasteiger partial charge on any atom is -0.279 e. The van der Waals surface area contributed by atoms with Crippen LogP contribution in [0.25, 0.3) is 0 Å². The third kappa shape index (κ3) is 3.90. The van der Waals surface area contributed by atoms with Crippen molar-refractivity contribution in [3.63, 3.8) is 0 Å². The van der Waals surface area contributed by atoms with Crippen molar-refractivity contribution in [2.75, 3.05) is 26.2 Å². The molecule has 0 spiro atoms.